The molecule has 0 radical (unpaired) electrons. The molecule has 2 N–H and O–H groups in total. The molecule has 3 rings (SSSR count). The Hall–Kier alpha value is -1.59. The molecule has 5 heteroatoms. The van der Waals surface area contributed by atoms with Gasteiger partial charge in [-0.15, -0.1) is 0 Å². The van der Waals surface area contributed by atoms with Crippen LogP contribution >= 0.6 is 0 Å². The molecule has 2 heterocycles. The second-order valence-corrected chi connectivity index (χ2v) is 5.34. The van der Waals surface area contributed by atoms with E-state index in [-0.39, 0.29) is 5.91 Å². The molecule has 0 saturated carbocycles. The van der Waals surface area contributed by atoms with E-state index in [0.29, 0.717) is 6.54 Å². The fourth-order valence-corrected chi connectivity index (χ4v) is 2.86. The van der Waals surface area contributed by atoms with E-state index in [1.54, 1.807) is 0 Å². The second-order valence-electron chi connectivity index (χ2n) is 5.34. The van der Waals surface area contributed by atoms with Crippen molar-refractivity contribution in [1.29, 1.82) is 0 Å². The van der Waals surface area contributed by atoms with Gasteiger partial charge < -0.3 is 15.4 Å². The van der Waals surface area contributed by atoms with E-state index in [9.17, 15) is 4.79 Å². The molecule has 0 aliphatic carbocycles. The Labute approximate surface area is 119 Å². The van der Waals surface area contributed by atoms with Gasteiger partial charge in [0.05, 0.1) is 6.61 Å². The number of hydrogen-bond acceptors (Lipinski definition) is 4. The number of fused-ring (bicyclic) bond motifs is 1. The lowest BCUT2D eigenvalue weighted by atomic mass is 10.1. The number of piperazine rings is 1. The monoisotopic (exact) mass is 275 g/mol. The normalized spacial score (nSPS) is 18.8. The van der Waals surface area contributed by atoms with Crippen LogP contribution in [0.15, 0.2) is 18.2 Å². The third kappa shape index (κ3) is 2.64. The average molecular weight is 275 g/mol. The van der Waals surface area contributed by atoms with Gasteiger partial charge in [0.1, 0.15) is 5.75 Å². The van der Waals surface area contributed by atoms with Gasteiger partial charge in [0.15, 0.2) is 0 Å². The van der Waals surface area contributed by atoms with Gasteiger partial charge in [0, 0.05) is 51.3 Å². The fourth-order valence-electron chi connectivity index (χ4n) is 2.86. The molecule has 5 nitrogen and oxygen atoms in total. The third-order valence-electron chi connectivity index (χ3n) is 4.04. The van der Waals surface area contributed by atoms with Crippen LogP contribution in [0.2, 0.25) is 0 Å². The van der Waals surface area contributed by atoms with Crippen molar-refractivity contribution in [3.8, 4) is 5.75 Å². The summed E-state index contributed by atoms with van der Waals surface area (Å²) in [5, 5.41) is 0. The van der Waals surface area contributed by atoms with Gasteiger partial charge in [-0.25, -0.2) is 0 Å². The van der Waals surface area contributed by atoms with Crippen molar-refractivity contribution in [3.63, 3.8) is 0 Å². The Kier molecular flexibility index (Phi) is 3.89. The third-order valence-corrected chi connectivity index (χ3v) is 4.04. The van der Waals surface area contributed by atoms with Crippen LogP contribution < -0.4 is 10.5 Å². The van der Waals surface area contributed by atoms with Crippen molar-refractivity contribution in [1.82, 2.24) is 9.80 Å². The molecule has 0 aromatic heterocycles. The minimum Gasteiger partial charge on any atom is -0.493 e. The number of benzene rings is 1. The predicted octanol–water partition coefficient (Wildman–Crippen LogP) is 0.338. The van der Waals surface area contributed by atoms with E-state index in [1.807, 2.05) is 23.1 Å². The number of carbonyl (C=O) groups is 1. The molecule has 108 valence electrons. The molecule has 1 aromatic carbocycles. The van der Waals surface area contributed by atoms with Crippen molar-refractivity contribution in [2.24, 2.45) is 5.73 Å². The smallest absolute Gasteiger partial charge is 0.253 e. The quantitative estimate of drug-likeness (QED) is 0.864. The van der Waals surface area contributed by atoms with Crippen LogP contribution in [0, 0.1) is 0 Å². The Morgan fingerprint density at radius 3 is 2.80 bits per heavy atom. The van der Waals surface area contributed by atoms with Gasteiger partial charge >= 0.3 is 0 Å². The Morgan fingerprint density at radius 1 is 1.25 bits per heavy atom. The molecule has 1 aromatic rings. The summed E-state index contributed by atoms with van der Waals surface area (Å²) in [5.41, 5.74) is 7.49. The van der Waals surface area contributed by atoms with E-state index in [4.69, 9.17) is 10.5 Å². The maximum atomic E-state index is 12.5. The Morgan fingerprint density at radius 2 is 2.05 bits per heavy atom. The van der Waals surface area contributed by atoms with E-state index in [0.717, 1.165) is 62.6 Å². The summed E-state index contributed by atoms with van der Waals surface area (Å²) in [6.07, 6.45) is 0.904. The summed E-state index contributed by atoms with van der Waals surface area (Å²) in [6, 6.07) is 5.77. The summed E-state index contributed by atoms with van der Waals surface area (Å²) >= 11 is 0. The van der Waals surface area contributed by atoms with Crippen molar-refractivity contribution in [2.45, 2.75) is 6.42 Å². The van der Waals surface area contributed by atoms with Crippen LogP contribution in [0.25, 0.3) is 0 Å². The van der Waals surface area contributed by atoms with Crippen LogP contribution in [0.4, 0.5) is 0 Å². The number of amides is 1. The highest BCUT2D eigenvalue weighted by Crippen LogP contribution is 2.26. The summed E-state index contributed by atoms with van der Waals surface area (Å²) in [5.74, 6) is 1.06. The van der Waals surface area contributed by atoms with Crippen LogP contribution in [0.5, 0.6) is 5.75 Å². The number of rotatable bonds is 3. The molecule has 1 saturated heterocycles. The molecule has 0 bridgehead atoms. The second kappa shape index (κ2) is 5.81. The highest BCUT2D eigenvalue weighted by atomic mass is 16.5. The van der Waals surface area contributed by atoms with Crippen molar-refractivity contribution < 1.29 is 9.53 Å². The summed E-state index contributed by atoms with van der Waals surface area (Å²) < 4.78 is 5.48. The molecule has 0 unspecified atom stereocenters. The van der Waals surface area contributed by atoms with E-state index in [2.05, 4.69) is 4.90 Å². The van der Waals surface area contributed by atoms with E-state index < -0.39 is 0 Å². The zero-order valence-corrected chi connectivity index (χ0v) is 11.7. The number of ether oxygens (including phenoxy) is 1. The standard InChI is InChI=1S/C15H21N3O2/c16-4-5-17-6-8-18(9-7-17)15(19)13-1-2-14-12(11-13)3-10-20-14/h1-2,11H,3-10,16H2. The van der Waals surface area contributed by atoms with Gasteiger partial charge in [-0.1, -0.05) is 0 Å². The lowest BCUT2D eigenvalue weighted by Crippen LogP contribution is -2.49. The molecule has 0 atom stereocenters. The first kappa shape index (κ1) is 13.4. The minimum absolute atomic E-state index is 0.132. The first-order valence-electron chi connectivity index (χ1n) is 7.25. The summed E-state index contributed by atoms with van der Waals surface area (Å²) in [6.45, 7) is 5.72. The molecule has 1 fully saturated rings. The van der Waals surface area contributed by atoms with Crippen LogP contribution in [-0.2, 0) is 6.42 Å². The molecule has 0 spiro atoms. The predicted molar refractivity (Wildman–Crippen MR) is 77.0 cm³/mol. The van der Waals surface area contributed by atoms with Crippen molar-refractivity contribution in [3.05, 3.63) is 29.3 Å². The van der Waals surface area contributed by atoms with E-state index >= 15 is 0 Å². The number of nitrogens with two attached hydrogens (primary N) is 1. The molecular weight excluding hydrogens is 254 g/mol. The number of carbonyl (C=O) groups excluding carboxylic acids is 1. The summed E-state index contributed by atoms with van der Waals surface area (Å²) in [4.78, 5) is 16.7. The average Bonchev–Trinajstić information content (AvgIpc) is 2.95. The first-order chi connectivity index (χ1) is 9.78. The van der Waals surface area contributed by atoms with Gasteiger partial charge in [-0.3, -0.25) is 9.69 Å². The Balaban J connectivity index is 1.65. The topological polar surface area (TPSA) is 58.8 Å². The van der Waals surface area contributed by atoms with Gasteiger partial charge in [0.2, 0.25) is 0 Å². The SMILES string of the molecule is NCCN1CCN(C(=O)c2ccc3c(c2)CCO3)CC1. The fraction of sp³-hybridized carbons (Fsp3) is 0.533. The maximum Gasteiger partial charge on any atom is 0.253 e. The van der Waals surface area contributed by atoms with Crippen molar-refractivity contribution in [2.75, 3.05) is 45.9 Å². The van der Waals surface area contributed by atoms with E-state index in [1.165, 1.54) is 0 Å². The lowest BCUT2D eigenvalue weighted by molar-refractivity contribution is 0.0641. The van der Waals surface area contributed by atoms with Gasteiger partial charge in [-0.05, 0) is 23.8 Å². The number of hydrogen-bond donors (Lipinski definition) is 1. The summed E-state index contributed by atoms with van der Waals surface area (Å²) in [7, 11) is 0. The number of nitrogens with zero attached hydrogens (tertiary/aromatic N) is 2. The van der Waals surface area contributed by atoms with Crippen LogP contribution in [-0.4, -0.2) is 61.6 Å². The first-order valence-corrected chi connectivity index (χ1v) is 7.25. The van der Waals surface area contributed by atoms with Gasteiger partial charge in [0.25, 0.3) is 5.91 Å². The zero-order valence-electron chi connectivity index (χ0n) is 11.7. The van der Waals surface area contributed by atoms with Crippen LogP contribution in [0.3, 0.4) is 0 Å². The highest BCUT2D eigenvalue weighted by Gasteiger charge is 2.23. The largest absolute Gasteiger partial charge is 0.493 e. The lowest BCUT2D eigenvalue weighted by Gasteiger charge is -2.34. The highest BCUT2D eigenvalue weighted by molar-refractivity contribution is 5.94. The maximum absolute atomic E-state index is 12.5. The van der Waals surface area contributed by atoms with Gasteiger partial charge in [-0.2, -0.15) is 0 Å². The molecule has 2 aliphatic rings. The molecule has 20 heavy (non-hydrogen) atoms. The molecule has 1 amide bonds. The molecule has 2 aliphatic heterocycles. The Bertz CT molecular complexity index is 496. The zero-order chi connectivity index (χ0) is 13.9. The van der Waals surface area contributed by atoms with Crippen molar-refractivity contribution >= 4 is 5.91 Å². The van der Waals surface area contributed by atoms with Crippen LogP contribution in [0.1, 0.15) is 15.9 Å². The minimum atomic E-state index is 0.132. The molecular formula is C15H21N3O2.